The van der Waals surface area contributed by atoms with Crippen LogP contribution in [0.4, 0.5) is 0 Å². The highest BCUT2D eigenvalue weighted by molar-refractivity contribution is 7.58. The zero-order valence-corrected chi connectivity index (χ0v) is 9.26. The van der Waals surface area contributed by atoms with Crippen LogP contribution < -0.4 is 5.73 Å². The van der Waals surface area contributed by atoms with Crippen molar-refractivity contribution in [2.75, 3.05) is 40.0 Å². The van der Waals surface area contributed by atoms with Crippen molar-refractivity contribution in [3.63, 3.8) is 0 Å². The number of quaternary nitrogens is 1. The summed E-state index contributed by atoms with van der Waals surface area (Å²) in [6.45, 7) is 1.17. The average Bonchev–Trinajstić information content (AvgIpc) is 2.00. The zero-order valence-electron chi connectivity index (χ0n) is 8.45. The molecule has 0 aromatic rings. The van der Waals surface area contributed by atoms with E-state index in [9.17, 15) is 4.79 Å². The van der Waals surface area contributed by atoms with Gasteiger partial charge in [0.25, 0.3) is 0 Å². The van der Waals surface area contributed by atoms with Crippen LogP contribution in [-0.2, 0) is 22.2 Å². The first-order chi connectivity index (χ1) is 5.87. The van der Waals surface area contributed by atoms with Gasteiger partial charge in [-0.15, -0.1) is 0 Å². The van der Waals surface area contributed by atoms with Gasteiger partial charge in [-0.2, -0.15) is 5.75 Å². The predicted octanol–water partition coefficient (Wildman–Crippen LogP) is -0.890. The van der Waals surface area contributed by atoms with Crippen LogP contribution in [0.25, 0.3) is 0 Å². The molecule has 4 nitrogen and oxygen atoms in total. The summed E-state index contributed by atoms with van der Waals surface area (Å²) in [5.74, 6) is -0.188. The van der Waals surface area contributed by atoms with Crippen molar-refractivity contribution in [1.29, 1.82) is 0 Å². The molecule has 0 rings (SSSR count). The van der Waals surface area contributed by atoms with Crippen LogP contribution >= 0.6 is 0 Å². The van der Waals surface area contributed by atoms with Gasteiger partial charge in [-0.05, 0) is 0 Å². The number of carbonyl (C=O) groups is 1. The molecule has 0 saturated carbocycles. The molecule has 2 N–H and O–H groups in total. The van der Waals surface area contributed by atoms with Crippen LogP contribution in [0.1, 0.15) is 0 Å². The lowest BCUT2D eigenvalue weighted by atomic mass is 10.4. The summed E-state index contributed by atoms with van der Waals surface area (Å²) in [5.41, 5.74) is 5.38. The predicted molar refractivity (Wildman–Crippen MR) is 54.1 cm³/mol. The van der Waals surface area contributed by atoms with Gasteiger partial charge in [0.1, 0.15) is 13.2 Å². The van der Waals surface area contributed by atoms with E-state index in [1.807, 2.05) is 21.1 Å². The molecule has 0 fully saturated rings. The summed E-state index contributed by atoms with van der Waals surface area (Å²) in [4.78, 5) is 11.0. The highest BCUT2D eigenvalue weighted by Gasteiger charge is 2.12. The number of carbonyl (C=O) groups excluding carboxylic acids is 1. The summed E-state index contributed by atoms with van der Waals surface area (Å²) in [6, 6.07) is -0.650. The normalized spacial score (nSPS) is 13.9. The van der Waals surface area contributed by atoms with E-state index in [2.05, 4.69) is 12.6 Å². The van der Waals surface area contributed by atoms with Crippen LogP contribution in [0.2, 0.25) is 0 Å². The number of nitrogens with two attached hydrogens (primary N) is 1. The van der Waals surface area contributed by atoms with Crippen molar-refractivity contribution < 1.29 is 14.0 Å². The Bertz CT molecular complexity index is 168. The maximum absolute atomic E-state index is 11.0. The smallest absolute Gasteiger partial charge is 0.321 e. The Kier molecular flexibility index (Phi) is 5.36. The largest absolute Gasteiger partial charge is 0.791 e. The first-order valence-electron chi connectivity index (χ1n) is 4.17. The standard InChI is InChI=1S/C8H18N2O2S/c1-10(2,3)4-5-12-8(11)7(9)6-13/h7H,4-6,9H2,1-3H3/t7-/m1/s1. The van der Waals surface area contributed by atoms with Gasteiger partial charge >= 0.3 is 5.97 Å². The molecule has 5 heteroatoms. The Morgan fingerprint density at radius 1 is 1.54 bits per heavy atom. The van der Waals surface area contributed by atoms with E-state index in [4.69, 9.17) is 10.5 Å². The molecule has 0 aromatic carbocycles. The van der Waals surface area contributed by atoms with E-state index in [1.54, 1.807) is 0 Å². The monoisotopic (exact) mass is 206 g/mol. The van der Waals surface area contributed by atoms with E-state index >= 15 is 0 Å². The second kappa shape index (κ2) is 5.47. The van der Waals surface area contributed by atoms with E-state index in [0.29, 0.717) is 6.61 Å². The quantitative estimate of drug-likeness (QED) is 0.360. The fourth-order valence-corrected chi connectivity index (χ4v) is 0.731. The zero-order chi connectivity index (χ0) is 10.5. The summed E-state index contributed by atoms with van der Waals surface area (Å²) >= 11 is 4.65. The molecule has 0 aromatic heterocycles. The maximum Gasteiger partial charge on any atom is 0.321 e. The van der Waals surface area contributed by atoms with Crippen LogP contribution in [0.3, 0.4) is 0 Å². The third-order valence-electron chi connectivity index (χ3n) is 1.49. The summed E-state index contributed by atoms with van der Waals surface area (Å²) in [6.07, 6.45) is 0. The maximum atomic E-state index is 11.0. The molecule has 0 heterocycles. The minimum atomic E-state index is -0.650. The van der Waals surface area contributed by atoms with Crippen molar-refractivity contribution in [3.8, 4) is 0 Å². The molecule has 0 aliphatic carbocycles. The molecule has 78 valence electrons. The Balaban J connectivity index is 3.60. The third-order valence-corrected chi connectivity index (χ3v) is 1.85. The van der Waals surface area contributed by atoms with Crippen molar-refractivity contribution >= 4 is 18.6 Å². The summed E-state index contributed by atoms with van der Waals surface area (Å²) in [7, 11) is 6.09. The molecule has 0 spiro atoms. The molecular formula is C8H18N2O2S. The highest BCUT2D eigenvalue weighted by atomic mass is 32.1. The number of esters is 1. The summed E-state index contributed by atoms with van der Waals surface area (Å²) < 4.78 is 5.68. The molecule has 13 heavy (non-hydrogen) atoms. The van der Waals surface area contributed by atoms with E-state index < -0.39 is 12.0 Å². The van der Waals surface area contributed by atoms with Crippen molar-refractivity contribution in [2.45, 2.75) is 6.04 Å². The SMILES string of the molecule is C[N+](C)(C)CCOC(=O)[C@H](N)C[S-]. The Morgan fingerprint density at radius 3 is 2.46 bits per heavy atom. The fourth-order valence-electron chi connectivity index (χ4n) is 0.595. The molecule has 0 saturated heterocycles. The number of ether oxygens (including phenoxy) is 1. The lowest BCUT2D eigenvalue weighted by Crippen LogP contribution is -2.40. The minimum absolute atomic E-state index is 0.212. The third kappa shape index (κ3) is 6.86. The van der Waals surface area contributed by atoms with E-state index in [-0.39, 0.29) is 5.75 Å². The Morgan fingerprint density at radius 2 is 2.08 bits per heavy atom. The van der Waals surface area contributed by atoms with Gasteiger partial charge in [0.15, 0.2) is 0 Å². The number of hydrogen-bond acceptors (Lipinski definition) is 4. The lowest BCUT2D eigenvalue weighted by molar-refractivity contribution is -0.870. The molecule has 0 aliphatic rings. The number of likely N-dealkylation sites (N-methyl/N-ethyl adjacent to an activating group) is 1. The lowest BCUT2D eigenvalue weighted by Gasteiger charge is -2.24. The molecule has 0 aliphatic heterocycles. The van der Waals surface area contributed by atoms with Crippen molar-refractivity contribution in [2.24, 2.45) is 5.73 Å². The molecule has 0 amide bonds. The van der Waals surface area contributed by atoms with Crippen molar-refractivity contribution in [1.82, 2.24) is 0 Å². The molecular weight excluding hydrogens is 188 g/mol. The van der Waals surface area contributed by atoms with Crippen LogP contribution in [0.15, 0.2) is 0 Å². The molecule has 1 atom stereocenters. The van der Waals surface area contributed by atoms with E-state index in [1.165, 1.54) is 0 Å². The molecule has 0 radical (unpaired) electrons. The first-order valence-corrected chi connectivity index (χ1v) is 4.75. The average molecular weight is 206 g/mol. The Labute approximate surface area is 85.0 Å². The van der Waals surface area contributed by atoms with Gasteiger partial charge in [0.05, 0.1) is 27.2 Å². The van der Waals surface area contributed by atoms with Crippen LogP contribution in [0.5, 0.6) is 0 Å². The minimum Gasteiger partial charge on any atom is -0.791 e. The topological polar surface area (TPSA) is 52.3 Å². The summed E-state index contributed by atoms with van der Waals surface area (Å²) in [5, 5.41) is 0. The van der Waals surface area contributed by atoms with Crippen molar-refractivity contribution in [3.05, 3.63) is 0 Å². The highest BCUT2D eigenvalue weighted by Crippen LogP contribution is 1.91. The van der Waals surface area contributed by atoms with Crippen LogP contribution in [0, 0.1) is 0 Å². The second-order valence-corrected chi connectivity index (χ2v) is 4.29. The number of hydrogen-bond donors (Lipinski definition) is 1. The van der Waals surface area contributed by atoms with Gasteiger partial charge in [-0.3, -0.25) is 4.79 Å². The van der Waals surface area contributed by atoms with Gasteiger partial charge in [0, 0.05) is 0 Å². The van der Waals surface area contributed by atoms with Gasteiger partial charge in [0.2, 0.25) is 0 Å². The fraction of sp³-hybridized carbons (Fsp3) is 0.875. The molecule has 0 bridgehead atoms. The van der Waals surface area contributed by atoms with Crippen LogP contribution in [-0.4, -0.2) is 56.5 Å². The van der Waals surface area contributed by atoms with Gasteiger partial charge in [-0.25, -0.2) is 0 Å². The number of nitrogens with zero attached hydrogens (tertiary/aromatic N) is 1. The van der Waals surface area contributed by atoms with Gasteiger partial charge in [-0.1, -0.05) is 0 Å². The number of rotatable bonds is 5. The van der Waals surface area contributed by atoms with E-state index in [0.717, 1.165) is 11.0 Å². The molecule has 0 unspecified atom stereocenters. The van der Waals surface area contributed by atoms with Gasteiger partial charge < -0.3 is 27.6 Å². The first kappa shape index (κ1) is 12.7. The second-order valence-electron chi connectivity index (χ2n) is 3.95. The Hall–Kier alpha value is -0.260.